The summed E-state index contributed by atoms with van der Waals surface area (Å²) in [5.41, 5.74) is 8.01. The lowest BCUT2D eigenvalue weighted by atomic mass is 10.1. The molecule has 0 unspecified atom stereocenters. The maximum Gasteiger partial charge on any atom is 0.116 e. The normalized spacial score (nSPS) is 10.2. The Kier molecular flexibility index (Phi) is 3.48. The molecule has 1 aromatic heterocycles. The second-order valence-electron chi connectivity index (χ2n) is 3.69. The highest BCUT2D eigenvalue weighted by molar-refractivity contribution is 6.32. The second kappa shape index (κ2) is 5.05. The lowest BCUT2D eigenvalue weighted by Gasteiger charge is -2.04. The van der Waals surface area contributed by atoms with E-state index in [-0.39, 0.29) is 0 Å². The van der Waals surface area contributed by atoms with Crippen molar-refractivity contribution < 1.29 is 0 Å². The van der Waals surface area contributed by atoms with Crippen molar-refractivity contribution >= 4 is 11.6 Å². The van der Waals surface area contributed by atoms with E-state index in [0.717, 1.165) is 11.1 Å². The van der Waals surface area contributed by atoms with E-state index in [9.17, 15) is 0 Å². The molecule has 0 spiro atoms. The van der Waals surface area contributed by atoms with E-state index in [2.05, 4.69) is 6.07 Å². The molecule has 0 aliphatic heterocycles. The van der Waals surface area contributed by atoms with Gasteiger partial charge in [0.2, 0.25) is 0 Å². The maximum absolute atomic E-state index is 8.86. The summed E-state index contributed by atoms with van der Waals surface area (Å²) < 4.78 is 1.90. The third-order valence-electron chi connectivity index (χ3n) is 2.57. The maximum atomic E-state index is 8.86. The molecule has 2 rings (SSSR count). The predicted molar refractivity (Wildman–Crippen MR) is 68.6 cm³/mol. The van der Waals surface area contributed by atoms with E-state index in [0.29, 0.717) is 23.8 Å². The fourth-order valence-corrected chi connectivity index (χ4v) is 2.05. The van der Waals surface area contributed by atoms with Crippen molar-refractivity contribution in [3.05, 3.63) is 47.2 Å². The third kappa shape index (κ3) is 2.33. The van der Waals surface area contributed by atoms with Crippen LogP contribution in [-0.4, -0.2) is 11.1 Å². The molecule has 4 heteroatoms. The van der Waals surface area contributed by atoms with Crippen LogP contribution in [0.25, 0.3) is 11.1 Å². The number of aromatic nitrogens is 1. The Balaban J connectivity index is 2.43. The predicted octanol–water partition coefficient (Wildman–Crippen LogP) is 2.64. The first-order chi connectivity index (χ1) is 8.26. The van der Waals surface area contributed by atoms with Crippen LogP contribution < -0.4 is 5.73 Å². The van der Waals surface area contributed by atoms with E-state index in [1.54, 1.807) is 6.07 Å². The van der Waals surface area contributed by atoms with Crippen molar-refractivity contribution in [1.82, 2.24) is 4.57 Å². The third-order valence-corrected chi connectivity index (χ3v) is 2.99. The van der Waals surface area contributed by atoms with Gasteiger partial charge in [-0.3, -0.25) is 0 Å². The van der Waals surface area contributed by atoms with Crippen LogP contribution in [0.4, 0.5) is 0 Å². The summed E-state index contributed by atoms with van der Waals surface area (Å²) in [7, 11) is 0. The molecule has 0 atom stereocenters. The second-order valence-corrected chi connectivity index (χ2v) is 4.05. The highest BCUT2D eigenvalue weighted by Gasteiger charge is 2.08. The van der Waals surface area contributed by atoms with Crippen LogP contribution in [0.1, 0.15) is 5.56 Å². The van der Waals surface area contributed by atoms with Crippen molar-refractivity contribution in [3.8, 4) is 17.2 Å². The van der Waals surface area contributed by atoms with Gasteiger partial charge in [-0.15, -0.1) is 0 Å². The number of nitrogens with zero attached hydrogens (tertiary/aromatic N) is 2. The summed E-state index contributed by atoms with van der Waals surface area (Å²) in [5, 5.41) is 9.52. The topological polar surface area (TPSA) is 54.7 Å². The van der Waals surface area contributed by atoms with Gasteiger partial charge in [-0.05, 0) is 23.8 Å². The molecule has 17 heavy (non-hydrogen) atoms. The molecule has 1 heterocycles. The molecule has 0 fully saturated rings. The quantitative estimate of drug-likeness (QED) is 0.904. The first kappa shape index (κ1) is 11.7. The molecule has 0 saturated heterocycles. The molecule has 0 radical (unpaired) electrons. The zero-order valence-electron chi connectivity index (χ0n) is 9.23. The highest BCUT2D eigenvalue weighted by Crippen LogP contribution is 2.29. The summed E-state index contributed by atoms with van der Waals surface area (Å²) in [4.78, 5) is 0. The molecular formula is C13H12ClN3. The van der Waals surface area contributed by atoms with Crippen LogP contribution in [0.3, 0.4) is 0 Å². The first-order valence-electron chi connectivity index (χ1n) is 5.31. The molecule has 2 N–H and O–H groups in total. The van der Waals surface area contributed by atoms with Crippen molar-refractivity contribution in [3.63, 3.8) is 0 Å². The van der Waals surface area contributed by atoms with Gasteiger partial charge in [0.15, 0.2) is 0 Å². The fraction of sp³-hybridized carbons (Fsp3) is 0.154. The SMILES string of the molecule is N#Cc1cccc(-c2ccn(CCN)c2Cl)c1. The fourth-order valence-electron chi connectivity index (χ4n) is 1.74. The number of hydrogen-bond acceptors (Lipinski definition) is 2. The molecule has 86 valence electrons. The minimum atomic E-state index is 0.548. The van der Waals surface area contributed by atoms with Crippen LogP contribution in [0.5, 0.6) is 0 Å². The number of benzene rings is 1. The van der Waals surface area contributed by atoms with Crippen molar-refractivity contribution in [2.24, 2.45) is 5.73 Å². The summed E-state index contributed by atoms with van der Waals surface area (Å²) in [5.74, 6) is 0. The zero-order valence-corrected chi connectivity index (χ0v) is 9.98. The number of rotatable bonds is 3. The largest absolute Gasteiger partial charge is 0.337 e. The van der Waals surface area contributed by atoms with Crippen molar-refractivity contribution in [2.75, 3.05) is 6.54 Å². The minimum Gasteiger partial charge on any atom is -0.337 e. The van der Waals surface area contributed by atoms with Crippen molar-refractivity contribution in [1.29, 1.82) is 5.26 Å². The summed E-state index contributed by atoms with van der Waals surface area (Å²) in [6.45, 7) is 1.24. The van der Waals surface area contributed by atoms with E-state index in [4.69, 9.17) is 22.6 Å². The van der Waals surface area contributed by atoms with Crippen molar-refractivity contribution in [2.45, 2.75) is 6.54 Å². The Hall–Kier alpha value is -1.76. The van der Waals surface area contributed by atoms with Gasteiger partial charge >= 0.3 is 0 Å². The molecule has 2 aromatic rings. The molecule has 0 aliphatic carbocycles. The van der Waals surface area contributed by atoms with Gasteiger partial charge < -0.3 is 10.3 Å². The van der Waals surface area contributed by atoms with Crippen LogP contribution in [-0.2, 0) is 6.54 Å². The summed E-state index contributed by atoms with van der Waals surface area (Å²) in [6.07, 6.45) is 1.91. The lowest BCUT2D eigenvalue weighted by molar-refractivity contribution is 0.714. The molecule has 0 amide bonds. The van der Waals surface area contributed by atoms with Gasteiger partial charge in [0.25, 0.3) is 0 Å². The van der Waals surface area contributed by atoms with E-state index in [1.807, 2.05) is 35.0 Å². The Bertz CT molecular complexity index is 566. The number of nitriles is 1. The summed E-state index contributed by atoms with van der Waals surface area (Å²) in [6, 6.07) is 11.4. The number of halogens is 1. The number of hydrogen-bond donors (Lipinski definition) is 1. The van der Waals surface area contributed by atoms with Crippen LogP contribution >= 0.6 is 11.6 Å². The molecule has 1 aromatic carbocycles. The van der Waals surface area contributed by atoms with Gasteiger partial charge in [-0.2, -0.15) is 5.26 Å². The summed E-state index contributed by atoms with van der Waals surface area (Å²) >= 11 is 6.26. The van der Waals surface area contributed by atoms with Crippen LogP contribution in [0, 0.1) is 11.3 Å². The van der Waals surface area contributed by atoms with Gasteiger partial charge in [0.1, 0.15) is 5.15 Å². The highest BCUT2D eigenvalue weighted by atomic mass is 35.5. The van der Waals surface area contributed by atoms with E-state index in [1.165, 1.54) is 0 Å². The Morgan fingerprint density at radius 2 is 2.18 bits per heavy atom. The standard InChI is InChI=1S/C13H12ClN3/c14-13-12(4-6-17(13)7-5-15)11-3-1-2-10(8-11)9-16/h1-4,6,8H,5,7,15H2. The van der Waals surface area contributed by atoms with Gasteiger partial charge in [0.05, 0.1) is 11.6 Å². The molecular weight excluding hydrogens is 234 g/mol. The van der Waals surface area contributed by atoms with Gasteiger partial charge in [-0.25, -0.2) is 0 Å². The van der Waals surface area contributed by atoms with Gasteiger partial charge in [0, 0.05) is 24.8 Å². The molecule has 3 nitrogen and oxygen atoms in total. The molecule has 0 bridgehead atoms. The van der Waals surface area contributed by atoms with Crippen LogP contribution in [0.15, 0.2) is 36.5 Å². The Morgan fingerprint density at radius 3 is 2.88 bits per heavy atom. The van der Waals surface area contributed by atoms with E-state index < -0.39 is 0 Å². The Morgan fingerprint density at radius 1 is 1.35 bits per heavy atom. The smallest absolute Gasteiger partial charge is 0.116 e. The molecule has 0 aliphatic rings. The zero-order chi connectivity index (χ0) is 12.3. The Labute approximate surface area is 105 Å². The van der Waals surface area contributed by atoms with Crippen LogP contribution in [0.2, 0.25) is 5.15 Å². The first-order valence-corrected chi connectivity index (χ1v) is 5.69. The minimum absolute atomic E-state index is 0.548. The number of nitrogens with two attached hydrogens (primary N) is 1. The molecule has 0 saturated carbocycles. The average molecular weight is 246 g/mol. The lowest BCUT2D eigenvalue weighted by Crippen LogP contribution is -2.08. The monoisotopic (exact) mass is 245 g/mol. The van der Waals surface area contributed by atoms with E-state index >= 15 is 0 Å². The van der Waals surface area contributed by atoms with Gasteiger partial charge in [-0.1, -0.05) is 23.7 Å². The average Bonchev–Trinajstić information content (AvgIpc) is 2.72.